The average Bonchev–Trinajstić information content (AvgIpc) is 2.37. The van der Waals surface area contributed by atoms with E-state index in [4.69, 9.17) is 5.73 Å². The Hall–Kier alpha value is -1.41. The van der Waals surface area contributed by atoms with E-state index in [1.807, 2.05) is 30.3 Å². The highest BCUT2D eigenvalue weighted by atomic mass is 16.4. The molecular formula is C12H19BN2O4. The maximum Gasteiger partial charge on any atom is 0.485 e. The summed E-state index contributed by atoms with van der Waals surface area (Å²) < 4.78 is 0. The van der Waals surface area contributed by atoms with E-state index >= 15 is 0 Å². The van der Waals surface area contributed by atoms with Crippen LogP contribution in [0.5, 0.6) is 0 Å². The Kier molecular flexibility index (Phi) is 5.08. The first-order chi connectivity index (χ1) is 8.80. The Balaban J connectivity index is 2.86. The molecule has 0 bridgehead atoms. The number of aliphatic hydroxyl groups excluding tert-OH is 1. The van der Waals surface area contributed by atoms with Gasteiger partial charge in [0.15, 0.2) is 5.44 Å². The molecule has 0 fully saturated rings. The summed E-state index contributed by atoms with van der Waals surface area (Å²) >= 11 is 0. The van der Waals surface area contributed by atoms with Gasteiger partial charge >= 0.3 is 7.12 Å². The molecule has 0 aliphatic rings. The first kappa shape index (κ1) is 15.7. The van der Waals surface area contributed by atoms with Crippen LogP contribution in [0, 0.1) is 0 Å². The highest BCUT2D eigenvalue weighted by Crippen LogP contribution is 2.14. The quantitative estimate of drug-likeness (QED) is 0.497. The summed E-state index contributed by atoms with van der Waals surface area (Å²) in [5.41, 5.74) is 4.38. The molecule has 0 aliphatic carbocycles. The van der Waals surface area contributed by atoms with Crippen molar-refractivity contribution in [2.45, 2.75) is 25.0 Å². The van der Waals surface area contributed by atoms with Crippen LogP contribution in [-0.2, 0) is 11.3 Å². The monoisotopic (exact) mass is 266 g/mol. The molecule has 2 atom stereocenters. The fourth-order valence-electron chi connectivity index (χ4n) is 1.76. The number of amides is 1. The van der Waals surface area contributed by atoms with Gasteiger partial charge in [-0.2, -0.15) is 0 Å². The van der Waals surface area contributed by atoms with Gasteiger partial charge in [-0.25, -0.2) is 0 Å². The van der Waals surface area contributed by atoms with Crippen molar-refractivity contribution in [3.05, 3.63) is 35.9 Å². The minimum absolute atomic E-state index is 0.262. The average molecular weight is 266 g/mol. The number of rotatable bonds is 5. The van der Waals surface area contributed by atoms with E-state index in [-0.39, 0.29) is 6.54 Å². The fraction of sp³-hybridized carbons (Fsp3) is 0.417. The lowest BCUT2D eigenvalue weighted by Gasteiger charge is -2.33. The van der Waals surface area contributed by atoms with E-state index in [1.165, 1.54) is 18.9 Å². The molecular weight excluding hydrogens is 247 g/mol. The molecule has 19 heavy (non-hydrogen) atoms. The molecule has 104 valence electrons. The van der Waals surface area contributed by atoms with Crippen LogP contribution in [0.2, 0.25) is 0 Å². The molecule has 0 heterocycles. The van der Waals surface area contributed by atoms with Crippen LogP contribution in [0.15, 0.2) is 30.3 Å². The summed E-state index contributed by atoms with van der Waals surface area (Å²) in [6.45, 7) is 1.51. The van der Waals surface area contributed by atoms with E-state index in [1.54, 1.807) is 0 Å². The highest BCUT2D eigenvalue weighted by molar-refractivity contribution is 6.52. The molecule has 7 heteroatoms. The van der Waals surface area contributed by atoms with Gasteiger partial charge in [0.05, 0.1) is 6.10 Å². The van der Waals surface area contributed by atoms with Gasteiger partial charge in [0, 0.05) is 13.6 Å². The third kappa shape index (κ3) is 3.33. The van der Waals surface area contributed by atoms with Crippen LogP contribution in [-0.4, -0.2) is 51.7 Å². The van der Waals surface area contributed by atoms with Crippen molar-refractivity contribution in [3.8, 4) is 0 Å². The Morgan fingerprint density at radius 3 is 2.37 bits per heavy atom. The smallest absolute Gasteiger partial charge is 0.425 e. The number of hydrogen-bond acceptors (Lipinski definition) is 5. The summed E-state index contributed by atoms with van der Waals surface area (Å²) in [6, 6.07) is 9.18. The highest BCUT2D eigenvalue weighted by Gasteiger charge is 2.51. The second-order valence-electron chi connectivity index (χ2n) is 4.63. The summed E-state index contributed by atoms with van der Waals surface area (Å²) in [4.78, 5) is 13.4. The molecule has 1 aromatic carbocycles. The lowest BCUT2D eigenvalue weighted by Crippen LogP contribution is -2.69. The van der Waals surface area contributed by atoms with Gasteiger partial charge in [0.25, 0.3) is 0 Å². The van der Waals surface area contributed by atoms with Gasteiger partial charge in [0.2, 0.25) is 5.91 Å². The molecule has 1 amide bonds. The second kappa shape index (κ2) is 6.16. The first-order valence-corrected chi connectivity index (χ1v) is 5.92. The van der Waals surface area contributed by atoms with Crippen molar-refractivity contribution in [2.24, 2.45) is 5.73 Å². The van der Waals surface area contributed by atoms with E-state index in [9.17, 15) is 19.9 Å². The SMILES string of the molecule is C[C@@H](O)[C@@](N)(B(O)O)C(=O)N(C)Cc1ccccc1. The van der Waals surface area contributed by atoms with Gasteiger partial charge in [0.1, 0.15) is 0 Å². The van der Waals surface area contributed by atoms with Gasteiger partial charge in [-0.05, 0) is 12.5 Å². The van der Waals surface area contributed by atoms with Crippen LogP contribution in [0.25, 0.3) is 0 Å². The predicted octanol–water partition coefficient (Wildman–Crippen LogP) is -1.26. The molecule has 5 N–H and O–H groups in total. The number of carbonyl (C=O) groups excluding carboxylic acids is 1. The van der Waals surface area contributed by atoms with E-state index in [2.05, 4.69) is 0 Å². The molecule has 6 nitrogen and oxygen atoms in total. The predicted molar refractivity (Wildman–Crippen MR) is 71.7 cm³/mol. The lowest BCUT2D eigenvalue weighted by atomic mass is 9.61. The zero-order chi connectivity index (χ0) is 14.6. The third-order valence-corrected chi connectivity index (χ3v) is 3.10. The van der Waals surface area contributed by atoms with Crippen molar-refractivity contribution in [1.29, 1.82) is 0 Å². The fourth-order valence-corrected chi connectivity index (χ4v) is 1.76. The van der Waals surface area contributed by atoms with Crippen LogP contribution >= 0.6 is 0 Å². The van der Waals surface area contributed by atoms with Gasteiger partial charge in [-0.1, -0.05) is 30.3 Å². The number of aliphatic hydroxyl groups is 1. The third-order valence-electron chi connectivity index (χ3n) is 3.10. The molecule has 0 saturated heterocycles. The summed E-state index contributed by atoms with van der Waals surface area (Å²) in [7, 11) is -0.653. The van der Waals surface area contributed by atoms with Crippen LogP contribution < -0.4 is 5.73 Å². The normalized spacial score (nSPS) is 15.5. The molecule has 0 aromatic heterocycles. The maximum atomic E-state index is 12.2. The standard InChI is InChI=1S/C12H19BN2O4/c1-9(16)12(14,13(18)19)11(17)15(2)8-10-6-4-3-5-7-10/h3-7,9,16,18-19H,8,14H2,1-2H3/t9-,12+/m1/s1. The number of likely N-dealkylation sites (N-methyl/N-ethyl adjacent to an activating group) is 1. The van der Waals surface area contributed by atoms with Crippen LogP contribution in [0.3, 0.4) is 0 Å². The lowest BCUT2D eigenvalue weighted by molar-refractivity contribution is -0.137. The Labute approximate surface area is 112 Å². The number of nitrogens with zero attached hydrogens (tertiary/aromatic N) is 1. The van der Waals surface area contributed by atoms with E-state index < -0.39 is 24.6 Å². The van der Waals surface area contributed by atoms with Crippen LogP contribution in [0.4, 0.5) is 0 Å². The Morgan fingerprint density at radius 2 is 1.95 bits per heavy atom. The second-order valence-corrected chi connectivity index (χ2v) is 4.63. The summed E-state index contributed by atoms with van der Waals surface area (Å²) in [5, 5.41) is 28.0. The topological polar surface area (TPSA) is 107 Å². The molecule has 0 unspecified atom stereocenters. The van der Waals surface area contributed by atoms with E-state index in [0.717, 1.165) is 5.56 Å². The van der Waals surface area contributed by atoms with Crippen molar-refractivity contribution in [2.75, 3.05) is 7.05 Å². The van der Waals surface area contributed by atoms with Gasteiger partial charge in [-0.3, -0.25) is 4.79 Å². The van der Waals surface area contributed by atoms with Crippen LogP contribution in [0.1, 0.15) is 12.5 Å². The van der Waals surface area contributed by atoms with Gasteiger partial charge < -0.3 is 25.8 Å². The van der Waals surface area contributed by atoms with Gasteiger partial charge in [-0.15, -0.1) is 0 Å². The first-order valence-electron chi connectivity index (χ1n) is 5.92. The van der Waals surface area contributed by atoms with Crippen molar-refractivity contribution in [3.63, 3.8) is 0 Å². The Morgan fingerprint density at radius 1 is 1.42 bits per heavy atom. The molecule has 1 aromatic rings. The maximum absolute atomic E-state index is 12.2. The molecule has 0 spiro atoms. The Bertz CT molecular complexity index is 417. The van der Waals surface area contributed by atoms with E-state index in [0.29, 0.717) is 0 Å². The minimum atomic E-state index is -2.14. The number of carbonyl (C=O) groups is 1. The molecule has 0 saturated carbocycles. The van der Waals surface area contributed by atoms with Crippen molar-refractivity contribution < 1.29 is 19.9 Å². The molecule has 0 radical (unpaired) electrons. The zero-order valence-electron chi connectivity index (χ0n) is 11.0. The summed E-state index contributed by atoms with van der Waals surface area (Å²) in [6.07, 6.45) is -1.39. The number of benzene rings is 1. The molecule has 1 rings (SSSR count). The number of hydrogen-bond donors (Lipinski definition) is 4. The van der Waals surface area contributed by atoms with Crippen molar-refractivity contribution >= 4 is 13.0 Å². The zero-order valence-corrected chi connectivity index (χ0v) is 11.0. The summed E-state index contributed by atoms with van der Waals surface area (Å²) in [5.74, 6) is -0.735. The largest absolute Gasteiger partial charge is 0.485 e. The minimum Gasteiger partial charge on any atom is -0.425 e. The van der Waals surface area contributed by atoms with Crippen molar-refractivity contribution in [1.82, 2.24) is 4.90 Å². The number of nitrogens with two attached hydrogens (primary N) is 1. The molecule has 0 aliphatic heterocycles.